The molecule has 0 aliphatic carbocycles. The Hall–Kier alpha value is -1.52. The molecule has 1 amide bonds. The molecule has 1 rings (SSSR count). The van der Waals surface area contributed by atoms with Crippen molar-refractivity contribution in [2.75, 3.05) is 66.5 Å². The van der Waals surface area contributed by atoms with Crippen molar-refractivity contribution < 1.29 is 22.7 Å². The van der Waals surface area contributed by atoms with E-state index in [1.54, 1.807) is 33.3 Å². The zero-order valence-electron chi connectivity index (χ0n) is 16.1. The molecule has 0 aliphatic rings. The van der Waals surface area contributed by atoms with Crippen LogP contribution < -0.4 is 5.32 Å². The fraction of sp³-hybridized carbons (Fsp3) is 0.588. The van der Waals surface area contributed by atoms with Crippen molar-refractivity contribution in [3.63, 3.8) is 0 Å². The third-order valence-electron chi connectivity index (χ3n) is 3.82. The number of ether oxygens (including phenoxy) is 2. The predicted octanol–water partition coefficient (Wildman–Crippen LogP) is 0.779. The number of anilines is 1. The Kier molecular flexibility index (Phi) is 9.17. The average molecular weight is 388 g/mol. The molecule has 0 unspecified atom stereocenters. The second-order valence-electron chi connectivity index (χ2n) is 6.08. The van der Waals surface area contributed by atoms with Gasteiger partial charge in [-0.1, -0.05) is 6.07 Å². The molecule has 148 valence electrons. The highest BCUT2D eigenvalue weighted by molar-refractivity contribution is 7.89. The summed E-state index contributed by atoms with van der Waals surface area (Å²) in [7, 11) is 2.59. The van der Waals surface area contributed by atoms with E-state index in [0.717, 1.165) is 4.31 Å². The standard InChI is InChI=1S/C17H29N3O5S/c1-14-6-7-15(12-16(14)26(22,23)19(2)3)18-17(21)13-20(8-10-24-4)9-11-25-5/h6-7,12H,8-11,13H2,1-5H3,(H,18,21). The van der Waals surface area contributed by atoms with Crippen molar-refractivity contribution in [1.82, 2.24) is 9.21 Å². The van der Waals surface area contributed by atoms with Gasteiger partial charge in [0.1, 0.15) is 0 Å². The second kappa shape index (κ2) is 10.6. The van der Waals surface area contributed by atoms with Gasteiger partial charge in [0.05, 0.1) is 24.7 Å². The maximum Gasteiger partial charge on any atom is 0.242 e. The van der Waals surface area contributed by atoms with Gasteiger partial charge in [-0.3, -0.25) is 9.69 Å². The predicted molar refractivity (Wildman–Crippen MR) is 101 cm³/mol. The lowest BCUT2D eigenvalue weighted by Gasteiger charge is -2.21. The van der Waals surface area contributed by atoms with Crippen molar-refractivity contribution in [3.8, 4) is 0 Å². The molecule has 0 heterocycles. The lowest BCUT2D eigenvalue weighted by Crippen LogP contribution is -2.37. The molecule has 26 heavy (non-hydrogen) atoms. The van der Waals surface area contributed by atoms with Crippen molar-refractivity contribution in [2.45, 2.75) is 11.8 Å². The molecule has 1 aromatic rings. The summed E-state index contributed by atoms with van der Waals surface area (Å²) < 4.78 is 36.0. The summed E-state index contributed by atoms with van der Waals surface area (Å²) in [5.74, 6) is -0.228. The van der Waals surface area contributed by atoms with E-state index >= 15 is 0 Å². The molecule has 0 aromatic heterocycles. The normalized spacial score (nSPS) is 12.0. The van der Waals surface area contributed by atoms with E-state index in [0.29, 0.717) is 37.6 Å². The number of methoxy groups -OCH3 is 2. The Morgan fingerprint density at radius 2 is 1.69 bits per heavy atom. The van der Waals surface area contributed by atoms with Crippen LogP contribution in [0.2, 0.25) is 0 Å². The number of carbonyl (C=O) groups excluding carboxylic acids is 1. The summed E-state index contributed by atoms with van der Waals surface area (Å²) in [4.78, 5) is 14.4. The van der Waals surface area contributed by atoms with Crippen LogP contribution in [-0.4, -0.2) is 84.7 Å². The molecule has 0 bridgehead atoms. The van der Waals surface area contributed by atoms with Crippen molar-refractivity contribution in [3.05, 3.63) is 23.8 Å². The topological polar surface area (TPSA) is 88.2 Å². The summed E-state index contributed by atoms with van der Waals surface area (Å²) in [6.07, 6.45) is 0. The number of amides is 1. The van der Waals surface area contributed by atoms with Gasteiger partial charge in [-0.25, -0.2) is 12.7 Å². The van der Waals surface area contributed by atoms with Crippen LogP contribution in [0.1, 0.15) is 5.56 Å². The van der Waals surface area contributed by atoms with E-state index in [-0.39, 0.29) is 17.3 Å². The molecule has 0 atom stereocenters. The number of benzene rings is 1. The molecule has 0 radical (unpaired) electrons. The van der Waals surface area contributed by atoms with E-state index < -0.39 is 10.0 Å². The minimum atomic E-state index is -3.57. The smallest absolute Gasteiger partial charge is 0.242 e. The summed E-state index contributed by atoms with van der Waals surface area (Å²) >= 11 is 0. The van der Waals surface area contributed by atoms with E-state index in [1.165, 1.54) is 20.2 Å². The van der Waals surface area contributed by atoms with Crippen molar-refractivity contribution in [2.24, 2.45) is 0 Å². The van der Waals surface area contributed by atoms with Crippen LogP contribution in [0.5, 0.6) is 0 Å². The minimum Gasteiger partial charge on any atom is -0.383 e. The first-order valence-corrected chi connectivity index (χ1v) is 9.69. The largest absolute Gasteiger partial charge is 0.383 e. The second-order valence-corrected chi connectivity index (χ2v) is 8.20. The van der Waals surface area contributed by atoms with Gasteiger partial charge in [-0.2, -0.15) is 0 Å². The van der Waals surface area contributed by atoms with Crippen molar-refractivity contribution in [1.29, 1.82) is 0 Å². The van der Waals surface area contributed by atoms with Crippen LogP contribution in [0, 0.1) is 6.92 Å². The number of sulfonamides is 1. The molecule has 0 fully saturated rings. The van der Waals surface area contributed by atoms with Crippen LogP contribution in [0.15, 0.2) is 23.1 Å². The van der Waals surface area contributed by atoms with Crippen LogP contribution in [0.25, 0.3) is 0 Å². The molecular formula is C17H29N3O5S. The highest BCUT2D eigenvalue weighted by Gasteiger charge is 2.20. The number of hydrogen-bond donors (Lipinski definition) is 1. The summed E-state index contributed by atoms with van der Waals surface area (Å²) in [5, 5.41) is 2.76. The summed E-state index contributed by atoms with van der Waals surface area (Å²) in [6, 6.07) is 4.85. The fourth-order valence-corrected chi connectivity index (χ4v) is 3.41. The third-order valence-corrected chi connectivity index (χ3v) is 5.78. The molecule has 8 nitrogen and oxygen atoms in total. The lowest BCUT2D eigenvalue weighted by atomic mass is 10.2. The zero-order valence-corrected chi connectivity index (χ0v) is 16.9. The maximum absolute atomic E-state index is 12.4. The summed E-state index contributed by atoms with van der Waals surface area (Å²) in [5.41, 5.74) is 1.07. The van der Waals surface area contributed by atoms with Gasteiger partial charge >= 0.3 is 0 Å². The highest BCUT2D eigenvalue weighted by atomic mass is 32.2. The Morgan fingerprint density at radius 1 is 1.12 bits per heavy atom. The van der Waals surface area contributed by atoms with Crippen LogP contribution >= 0.6 is 0 Å². The van der Waals surface area contributed by atoms with E-state index in [9.17, 15) is 13.2 Å². The van der Waals surface area contributed by atoms with Crippen LogP contribution in [0.4, 0.5) is 5.69 Å². The van der Waals surface area contributed by atoms with Gasteiger partial charge in [0, 0.05) is 47.1 Å². The van der Waals surface area contributed by atoms with Crippen LogP contribution in [0.3, 0.4) is 0 Å². The Balaban J connectivity index is 2.85. The molecule has 0 saturated heterocycles. The van der Waals surface area contributed by atoms with Crippen molar-refractivity contribution >= 4 is 21.6 Å². The quantitative estimate of drug-likeness (QED) is 0.604. The minimum absolute atomic E-state index is 0.163. The molecule has 0 saturated carbocycles. The SMILES string of the molecule is COCCN(CCOC)CC(=O)Nc1ccc(C)c(S(=O)(=O)N(C)C)c1. The molecule has 1 N–H and O–H groups in total. The Morgan fingerprint density at radius 3 is 2.19 bits per heavy atom. The fourth-order valence-electron chi connectivity index (χ4n) is 2.27. The number of nitrogens with one attached hydrogen (secondary N) is 1. The molecule has 0 spiro atoms. The number of carbonyl (C=O) groups is 1. The highest BCUT2D eigenvalue weighted by Crippen LogP contribution is 2.22. The van der Waals surface area contributed by atoms with E-state index in [1.807, 2.05) is 4.90 Å². The molecular weight excluding hydrogens is 358 g/mol. The Labute approximate surface area is 156 Å². The van der Waals surface area contributed by atoms with Gasteiger partial charge in [0.25, 0.3) is 0 Å². The lowest BCUT2D eigenvalue weighted by molar-refractivity contribution is -0.117. The van der Waals surface area contributed by atoms with Gasteiger partial charge in [0.2, 0.25) is 15.9 Å². The van der Waals surface area contributed by atoms with Gasteiger partial charge in [-0.05, 0) is 24.6 Å². The first-order chi connectivity index (χ1) is 12.2. The molecule has 9 heteroatoms. The number of aryl methyl sites for hydroxylation is 1. The average Bonchev–Trinajstić information content (AvgIpc) is 2.58. The zero-order chi connectivity index (χ0) is 19.7. The first kappa shape index (κ1) is 22.5. The van der Waals surface area contributed by atoms with E-state index in [2.05, 4.69) is 5.32 Å². The van der Waals surface area contributed by atoms with E-state index in [4.69, 9.17) is 9.47 Å². The van der Waals surface area contributed by atoms with Crippen LogP contribution in [-0.2, 0) is 24.3 Å². The van der Waals surface area contributed by atoms with Gasteiger partial charge < -0.3 is 14.8 Å². The number of rotatable bonds is 11. The maximum atomic E-state index is 12.4. The first-order valence-electron chi connectivity index (χ1n) is 8.25. The van der Waals surface area contributed by atoms with Gasteiger partial charge in [-0.15, -0.1) is 0 Å². The number of hydrogen-bond acceptors (Lipinski definition) is 6. The van der Waals surface area contributed by atoms with Gasteiger partial charge in [0.15, 0.2) is 0 Å². The Bertz CT molecular complexity index is 684. The number of nitrogens with zero attached hydrogens (tertiary/aromatic N) is 2. The monoisotopic (exact) mass is 387 g/mol. The molecule has 0 aliphatic heterocycles. The third kappa shape index (κ3) is 6.65. The molecule has 1 aromatic carbocycles. The summed E-state index contributed by atoms with van der Waals surface area (Å²) in [6.45, 7) is 4.10.